The lowest BCUT2D eigenvalue weighted by Gasteiger charge is -2.34. The number of carbonyl (C=O) groups is 1. The highest BCUT2D eigenvalue weighted by Crippen LogP contribution is 2.33. The van der Waals surface area contributed by atoms with Gasteiger partial charge < -0.3 is 9.80 Å². The molecular weight excluding hydrogens is 324 g/mol. The zero-order valence-electron chi connectivity index (χ0n) is 15.9. The number of hydrogen-bond donors (Lipinski definition) is 0. The van der Waals surface area contributed by atoms with E-state index in [1.807, 2.05) is 18.5 Å². The zero-order chi connectivity index (χ0) is 17.8. The van der Waals surface area contributed by atoms with Gasteiger partial charge in [-0.05, 0) is 49.5 Å². The molecule has 1 atom stereocenters. The smallest absolute Gasteiger partial charge is 0.225 e. The largest absolute Gasteiger partial charge is 0.342 e. The maximum Gasteiger partial charge on any atom is 0.225 e. The van der Waals surface area contributed by atoms with E-state index in [2.05, 4.69) is 19.8 Å². The molecule has 1 unspecified atom stereocenters. The number of anilines is 1. The summed E-state index contributed by atoms with van der Waals surface area (Å²) in [5, 5.41) is 0. The van der Waals surface area contributed by atoms with Crippen molar-refractivity contribution >= 4 is 11.9 Å². The minimum absolute atomic E-state index is 0.412. The summed E-state index contributed by atoms with van der Waals surface area (Å²) in [5.74, 6) is 3.55. The summed E-state index contributed by atoms with van der Waals surface area (Å²) in [6.07, 6.45) is 14.6. The van der Waals surface area contributed by atoms with Gasteiger partial charge in [-0.2, -0.15) is 0 Å². The van der Waals surface area contributed by atoms with Crippen LogP contribution in [0.3, 0.4) is 0 Å². The first-order valence-electron chi connectivity index (χ1n) is 10.6. The summed E-state index contributed by atoms with van der Waals surface area (Å²) in [5.41, 5.74) is 0. The highest BCUT2D eigenvalue weighted by atomic mass is 16.2. The Balaban J connectivity index is 1.21. The quantitative estimate of drug-likeness (QED) is 0.810. The number of piperidine rings is 1. The minimum Gasteiger partial charge on any atom is -0.342 e. The van der Waals surface area contributed by atoms with Crippen molar-refractivity contribution in [3.63, 3.8) is 0 Å². The van der Waals surface area contributed by atoms with Crippen LogP contribution in [0.25, 0.3) is 0 Å². The third-order valence-electron chi connectivity index (χ3n) is 6.86. The van der Waals surface area contributed by atoms with Crippen molar-refractivity contribution < 1.29 is 4.79 Å². The van der Waals surface area contributed by atoms with Crippen LogP contribution in [0.15, 0.2) is 18.5 Å². The van der Waals surface area contributed by atoms with E-state index in [4.69, 9.17) is 0 Å². The molecule has 3 fully saturated rings. The van der Waals surface area contributed by atoms with Gasteiger partial charge in [-0.15, -0.1) is 0 Å². The molecule has 2 saturated heterocycles. The van der Waals surface area contributed by atoms with E-state index in [1.165, 1.54) is 44.9 Å². The second-order valence-corrected chi connectivity index (χ2v) is 8.45. The summed E-state index contributed by atoms with van der Waals surface area (Å²) in [4.78, 5) is 25.8. The van der Waals surface area contributed by atoms with Gasteiger partial charge in [0.15, 0.2) is 0 Å². The van der Waals surface area contributed by atoms with Crippen molar-refractivity contribution in [1.82, 2.24) is 14.9 Å². The molecule has 1 aliphatic carbocycles. The molecule has 4 rings (SSSR count). The first kappa shape index (κ1) is 17.7. The molecule has 2 aliphatic heterocycles. The Morgan fingerprint density at radius 3 is 2.38 bits per heavy atom. The number of carbonyl (C=O) groups excluding carboxylic acids is 1. The fourth-order valence-electron chi connectivity index (χ4n) is 5.21. The van der Waals surface area contributed by atoms with Crippen molar-refractivity contribution in [2.45, 2.75) is 57.8 Å². The molecule has 0 bridgehead atoms. The van der Waals surface area contributed by atoms with Crippen molar-refractivity contribution in [3.8, 4) is 0 Å². The first-order valence-corrected chi connectivity index (χ1v) is 10.6. The third-order valence-corrected chi connectivity index (χ3v) is 6.86. The van der Waals surface area contributed by atoms with Gasteiger partial charge >= 0.3 is 0 Å². The van der Waals surface area contributed by atoms with E-state index < -0.39 is 0 Å². The summed E-state index contributed by atoms with van der Waals surface area (Å²) in [6.45, 7) is 4.06. The van der Waals surface area contributed by atoms with Crippen molar-refractivity contribution in [2.24, 2.45) is 17.8 Å². The van der Waals surface area contributed by atoms with Crippen LogP contribution < -0.4 is 4.90 Å². The van der Waals surface area contributed by atoms with Crippen LogP contribution in [-0.4, -0.2) is 47.0 Å². The molecule has 5 nitrogen and oxygen atoms in total. The van der Waals surface area contributed by atoms with E-state index in [0.29, 0.717) is 11.8 Å². The van der Waals surface area contributed by atoms with Crippen molar-refractivity contribution in [2.75, 3.05) is 31.1 Å². The Hall–Kier alpha value is -1.65. The SMILES string of the molecule is O=C(CCC1CCCC1)N1CCC(C2CCN(c3ncccn3)CC2)C1. The molecule has 0 aromatic carbocycles. The van der Waals surface area contributed by atoms with Gasteiger partial charge in [0.2, 0.25) is 11.9 Å². The Morgan fingerprint density at radius 1 is 0.962 bits per heavy atom. The fourth-order valence-corrected chi connectivity index (χ4v) is 5.21. The predicted molar refractivity (Wildman–Crippen MR) is 103 cm³/mol. The van der Waals surface area contributed by atoms with Crippen LogP contribution in [0, 0.1) is 17.8 Å². The molecular formula is C21H32N4O. The molecule has 1 aromatic rings. The normalized spacial score (nSPS) is 25.2. The van der Waals surface area contributed by atoms with Gasteiger partial charge in [0.25, 0.3) is 0 Å². The van der Waals surface area contributed by atoms with E-state index in [9.17, 15) is 4.79 Å². The summed E-state index contributed by atoms with van der Waals surface area (Å²) < 4.78 is 0. The average molecular weight is 357 g/mol. The second-order valence-electron chi connectivity index (χ2n) is 8.45. The number of likely N-dealkylation sites (tertiary alicyclic amines) is 1. The molecule has 1 saturated carbocycles. The van der Waals surface area contributed by atoms with Gasteiger partial charge in [-0.1, -0.05) is 25.7 Å². The molecule has 1 amide bonds. The highest BCUT2D eigenvalue weighted by Gasteiger charge is 2.34. The summed E-state index contributed by atoms with van der Waals surface area (Å²) >= 11 is 0. The molecule has 142 valence electrons. The topological polar surface area (TPSA) is 49.3 Å². The summed E-state index contributed by atoms with van der Waals surface area (Å²) in [6, 6.07) is 1.87. The molecule has 5 heteroatoms. The molecule has 0 radical (unpaired) electrons. The van der Waals surface area contributed by atoms with Crippen LogP contribution >= 0.6 is 0 Å². The van der Waals surface area contributed by atoms with E-state index in [1.54, 1.807) is 0 Å². The van der Waals surface area contributed by atoms with Gasteiger partial charge in [-0.3, -0.25) is 4.79 Å². The average Bonchev–Trinajstić information content (AvgIpc) is 3.39. The van der Waals surface area contributed by atoms with E-state index in [-0.39, 0.29) is 0 Å². The second kappa shape index (κ2) is 8.36. The maximum absolute atomic E-state index is 12.6. The maximum atomic E-state index is 12.6. The Morgan fingerprint density at radius 2 is 1.65 bits per heavy atom. The standard InChI is InChI=1S/C21H32N4O/c26-20(7-6-17-4-1-2-5-17)25-15-10-19(16-25)18-8-13-24(14-9-18)21-22-11-3-12-23-21/h3,11-12,17-19H,1-2,4-10,13-16H2. The van der Waals surface area contributed by atoms with Gasteiger partial charge in [0.05, 0.1) is 0 Å². The molecule has 1 aromatic heterocycles. The van der Waals surface area contributed by atoms with Crippen LogP contribution in [-0.2, 0) is 4.79 Å². The van der Waals surface area contributed by atoms with Gasteiger partial charge in [0, 0.05) is 45.0 Å². The van der Waals surface area contributed by atoms with E-state index >= 15 is 0 Å². The number of rotatable bonds is 5. The summed E-state index contributed by atoms with van der Waals surface area (Å²) in [7, 11) is 0. The molecule has 3 aliphatic rings. The van der Waals surface area contributed by atoms with Crippen molar-refractivity contribution in [3.05, 3.63) is 18.5 Å². The van der Waals surface area contributed by atoms with Crippen LogP contribution in [0.5, 0.6) is 0 Å². The van der Waals surface area contributed by atoms with Gasteiger partial charge in [0.1, 0.15) is 0 Å². The Bertz CT molecular complexity index is 579. The fraction of sp³-hybridized carbons (Fsp3) is 0.762. The number of amides is 1. The minimum atomic E-state index is 0.412. The van der Waals surface area contributed by atoms with Crippen molar-refractivity contribution in [1.29, 1.82) is 0 Å². The van der Waals surface area contributed by atoms with Crippen LogP contribution in [0.4, 0.5) is 5.95 Å². The van der Waals surface area contributed by atoms with Crippen LogP contribution in [0.2, 0.25) is 0 Å². The molecule has 26 heavy (non-hydrogen) atoms. The molecule has 3 heterocycles. The Labute approximate surface area is 157 Å². The molecule has 0 N–H and O–H groups in total. The number of aromatic nitrogens is 2. The number of nitrogens with zero attached hydrogens (tertiary/aromatic N) is 4. The molecule has 0 spiro atoms. The predicted octanol–water partition coefficient (Wildman–Crippen LogP) is 3.51. The lowest BCUT2D eigenvalue weighted by Crippen LogP contribution is -2.38. The van der Waals surface area contributed by atoms with E-state index in [0.717, 1.165) is 56.8 Å². The number of hydrogen-bond acceptors (Lipinski definition) is 4. The lowest BCUT2D eigenvalue weighted by atomic mass is 9.84. The zero-order valence-corrected chi connectivity index (χ0v) is 15.9. The monoisotopic (exact) mass is 356 g/mol. The first-order chi connectivity index (χ1) is 12.8. The Kier molecular flexibility index (Phi) is 5.71. The van der Waals surface area contributed by atoms with Crippen LogP contribution in [0.1, 0.15) is 57.8 Å². The highest BCUT2D eigenvalue weighted by molar-refractivity contribution is 5.76. The lowest BCUT2D eigenvalue weighted by molar-refractivity contribution is -0.130. The third kappa shape index (κ3) is 4.18. The van der Waals surface area contributed by atoms with Gasteiger partial charge in [-0.25, -0.2) is 9.97 Å².